The largest absolute Gasteiger partial charge is 0.370 e. The standard InChI is InChI=1S/C16H18N4OS/c1-4-10-18-15(21)11(3)22-16-19-13-9-7-6-8-12(13)14(20-16)17-5-2/h1,6-9,11H,5,10H2,2-3H3,(H,18,21)(H,17,19,20). The van der Waals surface area contributed by atoms with Crippen LogP contribution in [0.4, 0.5) is 5.82 Å². The lowest BCUT2D eigenvalue weighted by Crippen LogP contribution is -2.31. The van der Waals surface area contributed by atoms with Gasteiger partial charge in [-0.2, -0.15) is 0 Å². The molecule has 1 amide bonds. The van der Waals surface area contributed by atoms with Gasteiger partial charge in [0.25, 0.3) is 0 Å². The molecule has 0 aliphatic carbocycles. The van der Waals surface area contributed by atoms with Gasteiger partial charge in [0.15, 0.2) is 5.16 Å². The van der Waals surface area contributed by atoms with E-state index in [-0.39, 0.29) is 17.7 Å². The Bertz CT molecular complexity index is 711. The molecule has 0 saturated heterocycles. The van der Waals surface area contributed by atoms with Crippen LogP contribution < -0.4 is 10.6 Å². The number of hydrogen-bond donors (Lipinski definition) is 2. The van der Waals surface area contributed by atoms with Crippen LogP contribution in [-0.4, -0.2) is 34.2 Å². The van der Waals surface area contributed by atoms with E-state index in [1.54, 1.807) is 0 Å². The highest BCUT2D eigenvalue weighted by atomic mass is 32.2. The van der Waals surface area contributed by atoms with E-state index >= 15 is 0 Å². The zero-order chi connectivity index (χ0) is 15.9. The van der Waals surface area contributed by atoms with Gasteiger partial charge in [0.05, 0.1) is 17.3 Å². The molecule has 0 aliphatic rings. The first-order chi connectivity index (χ1) is 10.7. The summed E-state index contributed by atoms with van der Waals surface area (Å²) < 4.78 is 0. The second-order valence-electron chi connectivity index (χ2n) is 4.58. The number of para-hydroxylation sites is 1. The van der Waals surface area contributed by atoms with Crippen molar-refractivity contribution in [2.45, 2.75) is 24.3 Å². The first kappa shape index (κ1) is 16.1. The van der Waals surface area contributed by atoms with E-state index in [2.05, 4.69) is 26.5 Å². The number of anilines is 1. The van der Waals surface area contributed by atoms with E-state index < -0.39 is 0 Å². The molecule has 0 radical (unpaired) electrons. The smallest absolute Gasteiger partial charge is 0.234 e. The van der Waals surface area contributed by atoms with Crippen molar-refractivity contribution in [3.8, 4) is 12.3 Å². The van der Waals surface area contributed by atoms with Crippen LogP contribution in [0.5, 0.6) is 0 Å². The Balaban J connectivity index is 2.24. The summed E-state index contributed by atoms with van der Waals surface area (Å²) in [6, 6.07) is 7.80. The fourth-order valence-electron chi connectivity index (χ4n) is 1.90. The minimum atomic E-state index is -0.316. The van der Waals surface area contributed by atoms with E-state index in [1.165, 1.54) is 11.8 Å². The SMILES string of the molecule is C#CCNC(=O)C(C)Sc1nc(NCC)c2ccccc2n1. The van der Waals surface area contributed by atoms with Crippen molar-refractivity contribution >= 4 is 34.4 Å². The molecule has 1 aromatic carbocycles. The molecule has 0 aliphatic heterocycles. The molecule has 2 rings (SSSR count). The van der Waals surface area contributed by atoms with Gasteiger partial charge in [0.2, 0.25) is 5.91 Å². The molecule has 0 saturated carbocycles. The molecule has 1 unspecified atom stereocenters. The van der Waals surface area contributed by atoms with Crippen molar-refractivity contribution in [2.75, 3.05) is 18.4 Å². The van der Waals surface area contributed by atoms with Gasteiger partial charge in [0, 0.05) is 11.9 Å². The number of nitrogens with one attached hydrogen (secondary N) is 2. The molecule has 0 fully saturated rings. The van der Waals surface area contributed by atoms with Crippen LogP contribution in [0.2, 0.25) is 0 Å². The number of rotatable bonds is 6. The maximum absolute atomic E-state index is 11.9. The monoisotopic (exact) mass is 314 g/mol. The molecule has 2 aromatic rings. The summed E-state index contributed by atoms with van der Waals surface area (Å²) in [6.45, 7) is 4.82. The van der Waals surface area contributed by atoms with Gasteiger partial charge in [-0.3, -0.25) is 4.79 Å². The van der Waals surface area contributed by atoms with Gasteiger partial charge in [-0.05, 0) is 26.0 Å². The number of amides is 1. The van der Waals surface area contributed by atoms with E-state index in [0.29, 0.717) is 5.16 Å². The number of carbonyl (C=O) groups excluding carboxylic acids is 1. The molecule has 1 atom stereocenters. The van der Waals surface area contributed by atoms with Crippen LogP contribution in [0.25, 0.3) is 10.9 Å². The Morgan fingerprint density at radius 1 is 1.41 bits per heavy atom. The molecule has 5 nitrogen and oxygen atoms in total. The predicted molar refractivity (Wildman–Crippen MR) is 90.9 cm³/mol. The summed E-state index contributed by atoms with van der Waals surface area (Å²) in [4.78, 5) is 20.9. The van der Waals surface area contributed by atoms with Gasteiger partial charge < -0.3 is 10.6 Å². The second kappa shape index (κ2) is 7.66. The number of benzene rings is 1. The van der Waals surface area contributed by atoms with Gasteiger partial charge in [-0.25, -0.2) is 9.97 Å². The lowest BCUT2D eigenvalue weighted by molar-refractivity contribution is -0.120. The first-order valence-electron chi connectivity index (χ1n) is 7.04. The van der Waals surface area contributed by atoms with Gasteiger partial charge in [-0.15, -0.1) is 6.42 Å². The van der Waals surface area contributed by atoms with E-state index in [1.807, 2.05) is 38.1 Å². The number of carbonyl (C=O) groups is 1. The summed E-state index contributed by atoms with van der Waals surface area (Å²) in [5.41, 5.74) is 0.854. The van der Waals surface area contributed by atoms with Gasteiger partial charge in [-0.1, -0.05) is 29.8 Å². The zero-order valence-electron chi connectivity index (χ0n) is 12.6. The lowest BCUT2D eigenvalue weighted by Gasteiger charge is -2.12. The predicted octanol–water partition coefficient (Wildman–Crippen LogP) is 2.29. The third-order valence-electron chi connectivity index (χ3n) is 2.94. The number of terminal acetylenes is 1. The third-order valence-corrected chi connectivity index (χ3v) is 3.90. The van der Waals surface area contributed by atoms with Crippen LogP contribution >= 0.6 is 11.8 Å². The molecule has 1 heterocycles. The fourth-order valence-corrected chi connectivity index (χ4v) is 2.71. The Morgan fingerprint density at radius 3 is 2.91 bits per heavy atom. The minimum absolute atomic E-state index is 0.121. The zero-order valence-corrected chi connectivity index (χ0v) is 13.4. The molecule has 2 N–H and O–H groups in total. The number of thioether (sulfide) groups is 1. The topological polar surface area (TPSA) is 66.9 Å². The Labute approximate surface area is 134 Å². The van der Waals surface area contributed by atoms with Crippen LogP contribution in [0.3, 0.4) is 0 Å². The minimum Gasteiger partial charge on any atom is -0.370 e. The van der Waals surface area contributed by atoms with Gasteiger partial charge >= 0.3 is 0 Å². The van der Waals surface area contributed by atoms with Crippen molar-refractivity contribution in [3.63, 3.8) is 0 Å². The van der Waals surface area contributed by atoms with Crippen molar-refractivity contribution in [1.29, 1.82) is 0 Å². The molecular weight excluding hydrogens is 296 g/mol. The normalized spacial score (nSPS) is 11.7. The van der Waals surface area contributed by atoms with Crippen LogP contribution in [0.1, 0.15) is 13.8 Å². The van der Waals surface area contributed by atoms with E-state index in [9.17, 15) is 4.79 Å². The highest BCUT2D eigenvalue weighted by Crippen LogP contribution is 2.26. The Hall–Kier alpha value is -2.26. The van der Waals surface area contributed by atoms with Crippen molar-refractivity contribution in [3.05, 3.63) is 24.3 Å². The lowest BCUT2D eigenvalue weighted by atomic mass is 10.2. The maximum atomic E-state index is 11.9. The molecule has 114 valence electrons. The fraction of sp³-hybridized carbons (Fsp3) is 0.312. The molecule has 22 heavy (non-hydrogen) atoms. The van der Waals surface area contributed by atoms with Crippen molar-refractivity contribution in [1.82, 2.24) is 15.3 Å². The number of fused-ring (bicyclic) bond motifs is 1. The summed E-state index contributed by atoms with van der Waals surface area (Å²) in [5.74, 6) is 3.05. The highest BCUT2D eigenvalue weighted by Gasteiger charge is 2.16. The van der Waals surface area contributed by atoms with E-state index in [0.717, 1.165) is 23.3 Å². The average Bonchev–Trinajstić information content (AvgIpc) is 2.52. The molecule has 6 heteroatoms. The van der Waals surface area contributed by atoms with Gasteiger partial charge in [0.1, 0.15) is 5.82 Å². The maximum Gasteiger partial charge on any atom is 0.234 e. The molecule has 1 aromatic heterocycles. The Morgan fingerprint density at radius 2 is 2.18 bits per heavy atom. The summed E-state index contributed by atoms with van der Waals surface area (Å²) >= 11 is 1.31. The number of hydrogen-bond acceptors (Lipinski definition) is 5. The molecule has 0 spiro atoms. The Kier molecular flexibility index (Phi) is 5.61. The highest BCUT2D eigenvalue weighted by molar-refractivity contribution is 8.00. The molecule has 0 bridgehead atoms. The average molecular weight is 314 g/mol. The van der Waals surface area contributed by atoms with Crippen molar-refractivity contribution < 1.29 is 4.79 Å². The summed E-state index contributed by atoms with van der Waals surface area (Å²) in [6.07, 6.45) is 5.14. The summed E-state index contributed by atoms with van der Waals surface area (Å²) in [5, 5.41) is 7.12. The van der Waals surface area contributed by atoms with Crippen LogP contribution in [0, 0.1) is 12.3 Å². The first-order valence-corrected chi connectivity index (χ1v) is 7.92. The summed E-state index contributed by atoms with van der Waals surface area (Å²) in [7, 11) is 0. The number of aromatic nitrogens is 2. The van der Waals surface area contributed by atoms with Crippen molar-refractivity contribution in [2.24, 2.45) is 0 Å². The van der Waals surface area contributed by atoms with Crippen LogP contribution in [0.15, 0.2) is 29.4 Å². The number of nitrogens with zero attached hydrogens (tertiary/aromatic N) is 2. The molecular formula is C16H18N4OS. The quantitative estimate of drug-likeness (QED) is 0.486. The third kappa shape index (κ3) is 3.89. The van der Waals surface area contributed by atoms with Crippen LogP contribution in [-0.2, 0) is 4.79 Å². The second-order valence-corrected chi connectivity index (χ2v) is 5.89. The van der Waals surface area contributed by atoms with E-state index in [4.69, 9.17) is 6.42 Å².